The maximum atomic E-state index is 15.5. The zero-order valence-corrected chi connectivity index (χ0v) is 24.4. The van der Waals surface area contributed by atoms with Crippen LogP contribution in [0.5, 0.6) is 11.5 Å². The van der Waals surface area contributed by atoms with Gasteiger partial charge in [0.05, 0.1) is 25.3 Å². The number of carboxylic acids is 2. The van der Waals surface area contributed by atoms with Crippen molar-refractivity contribution in [3.63, 3.8) is 0 Å². The van der Waals surface area contributed by atoms with Crippen LogP contribution in [0.2, 0.25) is 5.02 Å². The maximum absolute atomic E-state index is 15.5. The molecule has 6 atom stereocenters. The van der Waals surface area contributed by atoms with Crippen molar-refractivity contribution in [3.8, 4) is 11.5 Å². The highest BCUT2D eigenvalue weighted by Gasteiger charge is 2.48. The van der Waals surface area contributed by atoms with Crippen LogP contribution in [0.25, 0.3) is 10.9 Å². The quantitative estimate of drug-likeness (QED) is 0.187. The minimum absolute atomic E-state index is 0.00317. The van der Waals surface area contributed by atoms with Crippen molar-refractivity contribution in [2.45, 2.75) is 57.0 Å². The molecule has 1 aliphatic heterocycles. The van der Waals surface area contributed by atoms with Gasteiger partial charge in [-0.15, -0.1) is 0 Å². The summed E-state index contributed by atoms with van der Waals surface area (Å²) >= 11 is 6.21. The van der Waals surface area contributed by atoms with E-state index in [4.69, 9.17) is 25.8 Å². The molecular formula is C29H31ClFNO12. The second kappa shape index (κ2) is 13.1. The number of aliphatic hydroxyl groups excluding tert-OH is 4. The van der Waals surface area contributed by atoms with Crippen molar-refractivity contribution in [2.24, 2.45) is 5.92 Å². The molecule has 1 aromatic heterocycles. The third-order valence-electron chi connectivity index (χ3n) is 7.54. The summed E-state index contributed by atoms with van der Waals surface area (Å²) in [7, 11) is 1.36. The number of halogens is 2. The summed E-state index contributed by atoms with van der Waals surface area (Å²) in [5, 5.41) is 58.5. The number of aromatic carboxylic acids is 1. The molecule has 6 N–H and O–H groups in total. The number of nitrogens with zero attached hydrogens (tertiary/aromatic N) is 1. The lowest BCUT2D eigenvalue weighted by molar-refractivity contribution is -0.271. The van der Waals surface area contributed by atoms with Crippen LogP contribution >= 0.6 is 11.6 Å². The molecule has 0 unspecified atom stereocenters. The Morgan fingerprint density at radius 1 is 1.07 bits per heavy atom. The number of aromatic nitrogens is 1. The number of pyridine rings is 1. The lowest BCUT2D eigenvalue weighted by atomic mass is 9.98. The zero-order chi connectivity index (χ0) is 32.6. The van der Waals surface area contributed by atoms with Crippen LogP contribution in [0.3, 0.4) is 0 Å². The molecule has 0 spiro atoms. The molecule has 238 valence electrons. The van der Waals surface area contributed by atoms with Crippen LogP contribution in [0.4, 0.5) is 4.39 Å². The van der Waals surface area contributed by atoms with Crippen LogP contribution in [0.15, 0.2) is 35.3 Å². The van der Waals surface area contributed by atoms with E-state index in [2.05, 4.69) is 0 Å². The van der Waals surface area contributed by atoms with E-state index in [0.29, 0.717) is 11.1 Å². The Hall–Kier alpha value is -3.79. The number of methoxy groups -OCH3 is 1. The van der Waals surface area contributed by atoms with Crippen LogP contribution in [-0.2, 0) is 16.0 Å². The standard InChI is InChI=1S/C29H31ClFNO12/c1-11(2)17(10-33)32-9-15(27(38)39)22(34)14-7-13(19(42-3)8-16(14)32)6-12-4-5-18(20(30)21(12)31)43-29-25(37)23(35)24(36)26(44-29)28(40)41/h4-5,7-9,11,17,23-26,29,33,35-37H,6,10H2,1-3H3,(H,38,39)(H,40,41)/t17-,23-,24+,25+,26+,29-/m1/s1. The largest absolute Gasteiger partial charge is 0.496 e. The molecule has 2 heterocycles. The lowest BCUT2D eigenvalue weighted by Gasteiger charge is -2.38. The van der Waals surface area contributed by atoms with Crippen LogP contribution in [0.1, 0.15) is 41.4 Å². The van der Waals surface area contributed by atoms with Crippen LogP contribution in [0, 0.1) is 11.7 Å². The number of rotatable bonds is 10. The Kier molecular flexibility index (Phi) is 9.83. The molecular weight excluding hydrogens is 609 g/mol. The second-order valence-electron chi connectivity index (χ2n) is 10.6. The van der Waals surface area contributed by atoms with Gasteiger partial charge in [0.15, 0.2) is 6.10 Å². The predicted molar refractivity (Wildman–Crippen MR) is 152 cm³/mol. The fraction of sp³-hybridized carbons (Fsp3) is 0.414. The van der Waals surface area contributed by atoms with Gasteiger partial charge in [-0.2, -0.15) is 0 Å². The SMILES string of the molecule is COc1cc2c(cc1Cc1ccc(O[C@@H]3O[C@H](C(=O)O)[C@@H](O)[C@@H](O)[C@@H]3O)c(Cl)c1F)c(=O)c(C(=O)O)cn2[C@H](CO)C(C)C. The number of aliphatic hydroxyl groups is 4. The normalized spacial score (nSPS) is 22.6. The van der Waals surface area contributed by atoms with Gasteiger partial charge in [0.2, 0.25) is 11.7 Å². The predicted octanol–water partition coefficient (Wildman–Crippen LogP) is 1.55. The number of hydrogen-bond donors (Lipinski definition) is 6. The van der Waals surface area contributed by atoms with E-state index >= 15 is 4.39 Å². The van der Waals surface area contributed by atoms with Crippen molar-refractivity contribution in [1.82, 2.24) is 4.57 Å². The molecule has 0 saturated carbocycles. The average Bonchev–Trinajstić information content (AvgIpc) is 2.97. The third-order valence-corrected chi connectivity index (χ3v) is 7.89. The van der Waals surface area contributed by atoms with Crippen molar-refractivity contribution in [2.75, 3.05) is 13.7 Å². The number of carbonyl (C=O) groups is 2. The first kappa shape index (κ1) is 33.1. The molecule has 1 aliphatic rings. The number of aliphatic carboxylic acids is 1. The van der Waals surface area contributed by atoms with E-state index in [-0.39, 0.29) is 41.4 Å². The van der Waals surface area contributed by atoms with Gasteiger partial charge in [-0.25, -0.2) is 14.0 Å². The zero-order valence-electron chi connectivity index (χ0n) is 23.7. The van der Waals surface area contributed by atoms with Gasteiger partial charge in [-0.1, -0.05) is 31.5 Å². The Morgan fingerprint density at radius 3 is 2.32 bits per heavy atom. The number of ether oxygens (including phenoxy) is 3. The number of fused-ring (bicyclic) bond motifs is 1. The Bertz CT molecular complexity index is 1640. The summed E-state index contributed by atoms with van der Waals surface area (Å²) in [5.41, 5.74) is -0.707. The van der Waals surface area contributed by atoms with E-state index in [1.165, 1.54) is 42.1 Å². The minimum atomic E-state index is -1.95. The van der Waals surface area contributed by atoms with E-state index in [0.717, 1.165) is 0 Å². The number of hydrogen-bond acceptors (Lipinski definition) is 10. The van der Waals surface area contributed by atoms with Gasteiger partial charge in [0, 0.05) is 24.1 Å². The van der Waals surface area contributed by atoms with E-state index in [9.17, 15) is 45.0 Å². The van der Waals surface area contributed by atoms with Gasteiger partial charge in [0.1, 0.15) is 46.2 Å². The Labute approximate surface area is 254 Å². The molecule has 1 saturated heterocycles. The Balaban J connectivity index is 1.74. The van der Waals surface area contributed by atoms with Gasteiger partial charge in [0.25, 0.3) is 0 Å². The summed E-state index contributed by atoms with van der Waals surface area (Å²) < 4.78 is 33.0. The monoisotopic (exact) mass is 639 g/mol. The minimum Gasteiger partial charge on any atom is -0.496 e. The number of carboxylic acid groups (broad SMARTS) is 2. The molecule has 15 heteroatoms. The highest BCUT2D eigenvalue weighted by atomic mass is 35.5. The highest BCUT2D eigenvalue weighted by molar-refractivity contribution is 6.32. The van der Waals surface area contributed by atoms with E-state index in [1.54, 1.807) is 0 Å². The highest BCUT2D eigenvalue weighted by Crippen LogP contribution is 2.36. The van der Waals surface area contributed by atoms with Gasteiger partial charge in [-0.3, -0.25) is 4.79 Å². The first-order valence-electron chi connectivity index (χ1n) is 13.4. The van der Waals surface area contributed by atoms with Crippen molar-refractivity contribution < 1.29 is 58.8 Å². The first-order chi connectivity index (χ1) is 20.7. The molecule has 13 nitrogen and oxygen atoms in total. The van der Waals surface area contributed by atoms with E-state index in [1.807, 2.05) is 13.8 Å². The summed E-state index contributed by atoms with van der Waals surface area (Å²) in [6.45, 7) is 3.32. The molecule has 2 aromatic carbocycles. The topological polar surface area (TPSA) is 205 Å². The average molecular weight is 640 g/mol. The molecule has 0 bridgehead atoms. The summed E-state index contributed by atoms with van der Waals surface area (Å²) in [5.74, 6) is -4.35. The molecule has 44 heavy (non-hydrogen) atoms. The van der Waals surface area contributed by atoms with Crippen LogP contribution < -0.4 is 14.9 Å². The third kappa shape index (κ3) is 6.09. The fourth-order valence-electron chi connectivity index (χ4n) is 5.08. The van der Waals surface area contributed by atoms with Crippen molar-refractivity contribution in [1.29, 1.82) is 0 Å². The molecule has 0 radical (unpaired) electrons. The molecule has 1 fully saturated rings. The number of benzene rings is 2. The summed E-state index contributed by atoms with van der Waals surface area (Å²) in [6, 6.07) is 4.79. The van der Waals surface area contributed by atoms with Crippen molar-refractivity contribution in [3.05, 3.63) is 68.2 Å². The molecule has 4 rings (SSSR count). The summed E-state index contributed by atoms with van der Waals surface area (Å²) in [6.07, 6.45) is -8.58. The molecule has 0 amide bonds. The summed E-state index contributed by atoms with van der Waals surface area (Å²) in [4.78, 5) is 36.5. The van der Waals surface area contributed by atoms with Gasteiger partial charge >= 0.3 is 11.9 Å². The van der Waals surface area contributed by atoms with E-state index < -0.39 is 70.5 Å². The van der Waals surface area contributed by atoms with Gasteiger partial charge in [-0.05, 0) is 29.2 Å². The first-order valence-corrected chi connectivity index (χ1v) is 13.7. The fourth-order valence-corrected chi connectivity index (χ4v) is 5.30. The smallest absolute Gasteiger partial charge is 0.341 e. The molecule has 3 aromatic rings. The van der Waals surface area contributed by atoms with Crippen molar-refractivity contribution >= 4 is 34.4 Å². The molecule has 0 aliphatic carbocycles. The maximum Gasteiger partial charge on any atom is 0.341 e. The Morgan fingerprint density at radius 2 is 1.75 bits per heavy atom. The van der Waals surface area contributed by atoms with Crippen LogP contribution in [-0.4, -0.2) is 91.6 Å². The lowest BCUT2D eigenvalue weighted by Crippen LogP contribution is -2.61. The van der Waals surface area contributed by atoms with Gasteiger partial charge < -0.3 is 49.4 Å². The second-order valence-corrected chi connectivity index (χ2v) is 11.0.